The topological polar surface area (TPSA) is 101 Å². The van der Waals surface area contributed by atoms with Crippen LogP contribution in [0.2, 0.25) is 5.02 Å². The van der Waals surface area contributed by atoms with Gasteiger partial charge in [-0.2, -0.15) is 4.31 Å². The number of para-hydroxylation sites is 1. The van der Waals surface area contributed by atoms with Gasteiger partial charge >= 0.3 is 5.69 Å². The van der Waals surface area contributed by atoms with Crippen LogP contribution in [0.5, 0.6) is 5.75 Å². The number of sulfonamides is 1. The Kier molecular flexibility index (Phi) is 5.44. The Labute approximate surface area is 177 Å². The Bertz CT molecular complexity index is 1320. The molecule has 1 aliphatic heterocycles. The number of fused-ring (bicyclic) bond motifs is 1. The molecule has 1 fully saturated rings. The first kappa shape index (κ1) is 20.6. The van der Waals surface area contributed by atoms with Crippen molar-refractivity contribution in [2.24, 2.45) is 0 Å². The third kappa shape index (κ3) is 3.53. The summed E-state index contributed by atoms with van der Waals surface area (Å²) in [6, 6.07) is 10.9. The van der Waals surface area contributed by atoms with Crippen molar-refractivity contribution < 1.29 is 13.2 Å². The van der Waals surface area contributed by atoms with Crippen molar-refractivity contribution in [3.05, 3.63) is 68.3 Å². The molecule has 0 bridgehead atoms. The Hall–Kier alpha value is -2.62. The minimum atomic E-state index is -3.84. The van der Waals surface area contributed by atoms with Gasteiger partial charge in [-0.3, -0.25) is 9.36 Å². The van der Waals surface area contributed by atoms with Crippen LogP contribution in [0.1, 0.15) is 18.9 Å². The number of H-pyrrole nitrogens is 1. The van der Waals surface area contributed by atoms with Gasteiger partial charge in [0, 0.05) is 24.2 Å². The van der Waals surface area contributed by atoms with E-state index in [-0.39, 0.29) is 29.3 Å². The molecule has 2 heterocycles. The second-order valence-electron chi connectivity index (χ2n) is 7.08. The van der Waals surface area contributed by atoms with Crippen LogP contribution in [0.15, 0.2) is 56.9 Å². The fourth-order valence-electron chi connectivity index (χ4n) is 3.84. The Morgan fingerprint density at radius 1 is 1.10 bits per heavy atom. The smallest absolute Gasteiger partial charge is 0.329 e. The Morgan fingerprint density at radius 2 is 1.80 bits per heavy atom. The summed E-state index contributed by atoms with van der Waals surface area (Å²) in [5, 5.41) is 0.717. The summed E-state index contributed by atoms with van der Waals surface area (Å²) in [5.41, 5.74) is -0.375. The molecular weight excluding hydrogens is 430 g/mol. The van der Waals surface area contributed by atoms with Crippen LogP contribution in [0.25, 0.3) is 10.9 Å². The lowest BCUT2D eigenvalue weighted by Crippen LogP contribution is -2.45. The molecule has 3 aromatic rings. The highest BCUT2D eigenvalue weighted by Gasteiger charge is 2.33. The first-order valence-corrected chi connectivity index (χ1v) is 11.2. The summed E-state index contributed by atoms with van der Waals surface area (Å²) >= 11 is 5.99. The molecule has 8 nitrogen and oxygen atoms in total. The number of methoxy groups -OCH3 is 1. The van der Waals surface area contributed by atoms with E-state index in [1.54, 1.807) is 30.3 Å². The minimum absolute atomic E-state index is 0.00308. The van der Waals surface area contributed by atoms with E-state index in [0.717, 1.165) is 0 Å². The maximum Gasteiger partial charge on any atom is 0.329 e. The van der Waals surface area contributed by atoms with Gasteiger partial charge in [-0.25, -0.2) is 13.2 Å². The molecule has 0 aliphatic carbocycles. The monoisotopic (exact) mass is 449 g/mol. The van der Waals surface area contributed by atoms with E-state index in [1.165, 1.54) is 28.1 Å². The van der Waals surface area contributed by atoms with Crippen LogP contribution in [-0.4, -0.2) is 42.5 Å². The average Bonchev–Trinajstić information content (AvgIpc) is 2.74. The molecular formula is C20H20ClN3O5S. The number of nitrogens with zero attached hydrogens (tertiary/aromatic N) is 2. The van der Waals surface area contributed by atoms with Gasteiger partial charge in [0.05, 0.1) is 18.0 Å². The number of rotatable bonds is 4. The van der Waals surface area contributed by atoms with Crippen molar-refractivity contribution in [3.63, 3.8) is 0 Å². The zero-order chi connectivity index (χ0) is 21.5. The molecule has 0 radical (unpaired) electrons. The van der Waals surface area contributed by atoms with Gasteiger partial charge in [0.2, 0.25) is 10.0 Å². The second-order valence-corrected chi connectivity index (χ2v) is 9.42. The summed E-state index contributed by atoms with van der Waals surface area (Å²) in [7, 11) is -2.44. The zero-order valence-corrected chi connectivity index (χ0v) is 17.7. The van der Waals surface area contributed by atoms with Crippen LogP contribution in [0.4, 0.5) is 0 Å². The molecule has 0 amide bonds. The van der Waals surface area contributed by atoms with Gasteiger partial charge in [-0.05, 0) is 43.2 Å². The summed E-state index contributed by atoms with van der Waals surface area (Å²) in [6.45, 7) is 0.336. The van der Waals surface area contributed by atoms with Crippen LogP contribution in [0, 0.1) is 0 Å². The normalized spacial score (nSPS) is 16.1. The molecule has 4 rings (SSSR count). The molecule has 10 heteroatoms. The molecule has 0 spiro atoms. The van der Waals surface area contributed by atoms with Crippen molar-refractivity contribution in [3.8, 4) is 5.75 Å². The Morgan fingerprint density at radius 3 is 2.50 bits per heavy atom. The van der Waals surface area contributed by atoms with Gasteiger partial charge < -0.3 is 9.72 Å². The molecule has 1 saturated heterocycles. The number of halogens is 1. The standard InChI is InChI=1S/C20H20ClN3O5S/c1-29-17-7-6-13(21)12-18(17)30(27,28)23-10-8-14(9-11-23)24-19(25)15-4-2-3-5-16(15)22-20(24)26/h2-7,12,14H,8-11H2,1H3,(H,22,26). The van der Waals surface area contributed by atoms with E-state index in [2.05, 4.69) is 4.98 Å². The second kappa shape index (κ2) is 7.90. The van der Waals surface area contributed by atoms with Crippen molar-refractivity contribution in [2.45, 2.75) is 23.8 Å². The average molecular weight is 450 g/mol. The number of hydrogen-bond acceptors (Lipinski definition) is 5. The molecule has 30 heavy (non-hydrogen) atoms. The predicted octanol–water partition coefficient (Wildman–Crippen LogP) is 2.38. The molecule has 0 atom stereocenters. The number of aromatic amines is 1. The van der Waals surface area contributed by atoms with Crippen molar-refractivity contribution in [2.75, 3.05) is 20.2 Å². The number of ether oxygens (including phenoxy) is 1. The summed E-state index contributed by atoms with van der Waals surface area (Å²) in [5.74, 6) is 0.212. The largest absolute Gasteiger partial charge is 0.495 e. The van der Waals surface area contributed by atoms with Crippen molar-refractivity contribution >= 4 is 32.5 Å². The lowest BCUT2D eigenvalue weighted by atomic mass is 10.1. The third-order valence-electron chi connectivity index (χ3n) is 5.37. The van der Waals surface area contributed by atoms with Crippen LogP contribution in [-0.2, 0) is 10.0 Å². The lowest BCUT2D eigenvalue weighted by molar-refractivity contribution is 0.265. The van der Waals surface area contributed by atoms with E-state index in [4.69, 9.17) is 16.3 Å². The van der Waals surface area contributed by atoms with Gasteiger partial charge in [0.1, 0.15) is 10.6 Å². The summed E-state index contributed by atoms with van der Waals surface area (Å²) < 4.78 is 34.0. The van der Waals surface area contributed by atoms with Crippen LogP contribution in [0.3, 0.4) is 0 Å². The summed E-state index contributed by atoms with van der Waals surface area (Å²) in [6.07, 6.45) is 0.673. The lowest BCUT2D eigenvalue weighted by Gasteiger charge is -2.32. The van der Waals surface area contributed by atoms with E-state index >= 15 is 0 Å². The molecule has 1 N–H and O–H groups in total. The maximum absolute atomic E-state index is 13.1. The fourth-order valence-corrected chi connectivity index (χ4v) is 5.73. The third-order valence-corrected chi connectivity index (χ3v) is 7.52. The number of benzene rings is 2. The number of nitrogens with one attached hydrogen (secondary N) is 1. The van der Waals surface area contributed by atoms with E-state index in [9.17, 15) is 18.0 Å². The molecule has 1 aliphatic rings. The minimum Gasteiger partial charge on any atom is -0.495 e. The first-order valence-electron chi connectivity index (χ1n) is 9.40. The first-order chi connectivity index (χ1) is 14.3. The van der Waals surface area contributed by atoms with Gasteiger partial charge in [0.15, 0.2) is 0 Å². The number of piperidine rings is 1. The molecule has 158 valence electrons. The highest BCUT2D eigenvalue weighted by Crippen LogP contribution is 2.32. The van der Waals surface area contributed by atoms with Gasteiger partial charge in [-0.15, -0.1) is 0 Å². The van der Waals surface area contributed by atoms with Gasteiger partial charge in [0.25, 0.3) is 5.56 Å². The highest BCUT2D eigenvalue weighted by atomic mass is 35.5. The van der Waals surface area contributed by atoms with Crippen molar-refractivity contribution in [1.82, 2.24) is 13.9 Å². The van der Waals surface area contributed by atoms with Crippen LogP contribution >= 0.6 is 11.6 Å². The predicted molar refractivity (Wildman–Crippen MR) is 114 cm³/mol. The molecule has 2 aromatic carbocycles. The summed E-state index contributed by atoms with van der Waals surface area (Å²) in [4.78, 5) is 28.1. The highest BCUT2D eigenvalue weighted by molar-refractivity contribution is 7.89. The fraction of sp³-hybridized carbons (Fsp3) is 0.300. The molecule has 0 saturated carbocycles. The number of hydrogen-bond donors (Lipinski definition) is 1. The zero-order valence-electron chi connectivity index (χ0n) is 16.2. The van der Waals surface area contributed by atoms with Gasteiger partial charge in [-0.1, -0.05) is 23.7 Å². The van der Waals surface area contributed by atoms with Crippen molar-refractivity contribution in [1.29, 1.82) is 0 Å². The maximum atomic E-state index is 13.1. The Balaban J connectivity index is 1.62. The quantitative estimate of drug-likeness (QED) is 0.659. The number of aromatic nitrogens is 2. The van der Waals surface area contributed by atoms with E-state index < -0.39 is 21.8 Å². The van der Waals surface area contributed by atoms with E-state index in [0.29, 0.717) is 28.8 Å². The van der Waals surface area contributed by atoms with E-state index in [1.807, 2.05) is 0 Å². The molecule has 1 aromatic heterocycles. The SMILES string of the molecule is COc1ccc(Cl)cc1S(=O)(=O)N1CCC(n2c(=O)[nH]c3ccccc3c2=O)CC1. The molecule has 0 unspecified atom stereocenters. The van der Waals surface area contributed by atoms with Crippen LogP contribution < -0.4 is 16.0 Å².